The highest BCUT2D eigenvalue weighted by atomic mass is 79.9. The van der Waals surface area contributed by atoms with Crippen molar-refractivity contribution in [2.24, 2.45) is 5.73 Å². The number of hydrogen-bond acceptors (Lipinski definition) is 2. The number of carbonyl (C=O) groups excluding carboxylic acids is 1. The normalized spacial score (nSPS) is 10.6. The Balaban J connectivity index is 2.17. The molecule has 2 aromatic rings. The molecule has 0 spiro atoms. The molecule has 100 valence electrons. The van der Waals surface area contributed by atoms with Crippen molar-refractivity contribution in [3.63, 3.8) is 0 Å². The molecular weight excluding hydrogens is 304 g/mol. The summed E-state index contributed by atoms with van der Waals surface area (Å²) in [5, 5.41) is 5.12. The molecule has 0 radical (unpaired) electrons. The Morgan fingerprint density at radius 2 is 1.84 bits per heavy atom. The number of nitrogens with one attached hydrogen (secondary N) is 1. The minimum absolute atomic E-state index is 0.0425. The Morgan fingerprint density at radius 1 is 1.11 bits per heavy atom. The van der Waals surface area contributed by atoms with Gasteiger partial charge < -0.3 is 11.1 Å². The number of amides is 1. The summed E-state index contributed by atoms with van der Waals surface area (Å²) in [7, 11) is 0. The Bertz CT molecular complexity index is 583. The van der Waals surface area contributed by atoms with Gasteiger partial charge in [0, 0.05) is 22.0 Å². The van der Waals surface area contributed by atoms with Crippen LogP contribution in [0.5, 0.6) is 0 Å². The van der Waals surface area contributed by atoms with Crippen LogP contribution in [-0.4, -0.2) is 12.5 Å². The second kappa shape index (κ2) is 6.68. The molecule has 3 N–H and O–H groups in total. The lowest BCUT2D eigenvalue weighted by Crippen LogP contribution is -2.12. The number of halogens is 1. The topological polar surface area (TPSA) is 55.1 Å². The summed E-state index contributed by atoms with van der Waals surface area (Å²) < 4.78 is 1.03. The zero-order valence-electron chi connectivity index (χ0n) is 10.7. The van der Waals surface area contributed by atoms with E-state index in [0.29, 0.717) is 13.0 Å². The second-order valence-electron chi connectivity index (χ2n) is 4.43. The monoisotopic (exact) mass is 320 g/mol. The van der Waals surface area contributed by atoms with E-state index in [2.05, 4.69) is 21.2 Å². The van der Waals surface area contributed by atoms with E-state index in [1.165, 1.54) is 0 Å². The van der Waals surface area contributed by atoms with Crippen LogP contribution in [0, 0.1) is 0 Å². The Kier molecular flexibility index (Phi) is 4.93. The van der Waals surface area contributed by atoms with E-state index < -0.39 is 0 Å². The molecule has 0 fully saturated rings. The molecule has 0 atom stereocenters. The van der Waals surface area contributed by atoms with Gasteiger partial charge in [-0.2, -0.15) is 0 Å². The lowest BCUT2D eigenvalue weighted by molar-refractivity contribution is -0.116. The van der Waals surface area contributed by atoms with Crippen LogP contribution in [0.3, 0.4) is 0 Å². The molecule has 0 saturated carbocycles. The zero-order valence-corrected chi connectivity index (χ0v) is 12.2. The molecule has 0 bridgehead atoms. The van der Waals surface area contributed by atoms with E-state index in [9.17, 15) is 4.79 Å². The van der Waals surface area contributed by atoms with Gasteiger partial charge in [-0.3, -0.25) is 4.79 Å². The fourth-order valence-corrected chi connectivity index (χ4v) is 2.49. The molecule has 0 aliphatic rings. The number of unbranched alkanes of at least 4 members (excludes halogenated alkanes) is 1. The number of hydrogen-bond donors (Lipinski definition) is 2. The molecule has 0 aliphatic carbocycles. The lowest BCUT2D eigenvalue weighted by Gasteiger charge is -2.10. The number of carbonyl (C=O) groups is 1. The van der Waals surface area contributed by atoms with E-state index in [-0.39, 0.29) is 5.91 Å². The van der Waals surface area contributed by atoms with Gasteiger partial charge >= 0.3 is 0 Å². The van der Waals surface area contributed by atoms with Crippen LogP contribution >= 0.6 is 15.9 Å². The lowest BCUT2D eigenvalue weighted by atomic mass is 10.1. The van der Waals surface area contributed by atoms with Crippen molar-refractivity contribution in [1.29, 1.82) is 0 Å². The number of nitrogens with two attached hydrogens (primary N) is 1. The molecule has 2 rings (SSSR count). The van der Waals surface area contributed by atoms with E-state index in [1.807, 2.05) is 36.4 Å². The second-order valence-corrected chi connectivity index (χ2v) is 5.29. The van der Waals surface area contributed by atoms with Gasteiger partial charge in [-0.1, -0.05) is 40.2 Å². The molecular formula is C15H17BrN2O. The van der Waals surface area contributed by atoms with Crippen molar-refractivity contribution in [2.45, 2.75) is 19.3 Å². The van der Waals surface area contributed by atoms with E-state index in [0.717, 1.165) is 33.8 Å². The van der Waals surface area contributed by atoms with Crippen molar-refractivity contribution in [2.75, 3.05) is 11.9 Å². The predicted molar refractivity (Wildman–Crippen MR) is 83.2 cm³/mol. The maximum absolute atomic E-state index is 11.9. The summed E-state index contributed by atoms with van der Waals surface area (Å²) in [4.78, 5) is 11.9. The van der Waals surface area contributed by atoms with Crippen LogP contribution in [0.1, 0.15) is 19.3 Å². The molecule has 0 unspecified atom stereocenters. The van der Waals surface area contributed by atoms with Crippen LogP contribution in [0.15, 0.2) is 40.9 Å². The van der Waals surface area contributed by atoms with Crippen LogP contribution < -0.4 is 11.1 Å². The quantitative estimate of drug-likeness (QED) is 0.826. The van der Waals surface area contributed by atoms with E-state index >= 15 is 0 Å². The average Bonchev–Trinajstić information content (AvgIpc) is 2.43. The van der Waals surface area contributed by atoms with Crippen LogP contribution in [0.25, 0.3) is 10.8 Å². The number of anilines is 1. The largest absolute Gasteiger partial charge is 0.330 e. The molecule has 0 saturated heterocycles. The third kappa shape index (κ3) is 3.55. The first-order chi connectivity index (χ1) is 9.22. The highest BCUT2D eigenvalue weighted by molar-refractivity contribution is 9.10. The van der Waals surface area contributed by atoms with Crippen LogP contribution in [-0.2, 0) is 4.79 Å². The summed E-state index contributed by atoms with van der Waals surface area (Å²) >= 11 is 3.52. The number of benzene rings is 2. The molecule has 3 nitrogen and oxygen atoms in total. The standard InChI is InChI=1S/C15H17BrN2O/c16-13-8-9-14(12-6-2-1-5-11(12)13)18-15(19)7-3-4-10-17/h1-2,5-6,8-9H,3-4,7,10,17H2,(H,18,19). The SMILES string of the molecule is NCCCCC(=O)Nc1ccc(Br)c2ccccc12. The summed E-state index contributed by atoms with van der Waals surface area (Å²) in [6.45, 7) is 0.633. The van der Waals surface area contributed by atoms with Crippen LogP contribution in [0.4, 0.5) is 5.69 Å². The molecule has 0 heterocycles. The highest BCUT2D eigenvalue weighted by Gasteiger charge is 2.07. The first-order valence-corrected chi connectivity index (χ1v) is 7.19. The average molecular weight is 321 g/mol. The van der Waals surface area contributed by atoms with Crippen LogP contribution in [0.2, 0.25) is 0 Å². The van der Waals surface area contributed by atoms with Crippen molar-refractivity contribution in [3.05, 3.63) is 40.9 Å². The Hall–Kier alpha value is -1.39. The van der Waals surface area contributed by atoms with Gasteiger partial charge in [-0.25, -0.2) is 0 Å². The van der Waals surface area contributed by atoms with Crippen molar-refractivity contribution < 1.29 is 4.79 Å². The molecule has 0 aromatic heterocycles. The third-order valence-corrected chi connectivity index (χ3v) is 3.69. The Morgan fingerprint density at radius 3 is 2.58 bits per heavy atom. The van der Waals surface area contributed by atoms with E-state index in [1.54, 1.807) is 0 Å². The van der Waals surface area contributed by atoms with Gasteiger partial charge in [0.1, 0.15) is 0 Å². The summed E-state index contributed by atoms with van der Waals surface area (Å²) in [5.41, 5.74) is 6.28. The maximum atomic E-state index is 11.9. The van der Waals surface area contributed by atoms with Gasteiger partial charge in [0.2, 0.25) is 5.91 Å². The van der Waals surface area contributed by atoms with Crippen molar-refractivity contribution >= 4 is 38.3 Å². The maximum Gasteiger partial charge on any atom is 0.224 e. The molecule has 2 aromatic carbocycles. The molecule has 4 heteroatoms. The van der Waals surface area contributed by atoms with Gasteiger partial charge in [0.25, 0.3) is 0 Å². The summed E-state index contributed by atoms with van der Waals surface area (Å²) in [5.74, 6) is 0.0425. The minimum atomic E-state index is 0.0425. The zero-order chi connectivity index (χ0) is 13.7. The van der Waals surface area contributed by atoms with Gasteiger partial charge in [-0.05, 0) is 36.9 Å². The number of rotatable bonds is 5. The summed E-state index contributed by atoms with van der Waals surface area (Å²) in [6.07, 6.45) is 2.23. The van der Waals surface area contributed by atoms with Gasteiger partial charge in [0.05, 0.1) is 0 Å². The predicted octanol–water partition coefficient (Wildman–Crippen LogP) is 3.67. The third-order valence-electron chi connectivity index (χ3n) is 3.00. The number of fused-ring (bicyclic) bond motifs is 1. The molecule has 19 heavy (non-hydrogen) atoms. The summed E-state index contributed by atoms with van der Waals surface area (Å²) in [6, 6.07) is 11.9. The first-order valence-electron chi connectivity index (χ1n) is 6.39. The van der Waals surface area contributed by atoms with Gasteiger partial charge in [0.15, 0.2) is 0 Å². The first kappa shape index (κ1) is 14.0. The fourth-order valence-electron chi connectivity index (χ4n) is 2.01. The van der Waals surface area contributed by atoms with Crippen molar-refractivity contribution in [3.8, 4) is 0 Å². The molecule has 1 amide bonds. The Labute approximate surface area is 121 Å². The minimum Gasteiger partial charge on any atom is -0.330 e. The highest BCUT2D eigenvalue weighted by Crippen LogP contribution is 2.29. The molecule has 0 aliphatic heterocycles. The fraction of sp³-hybridized carbons (Fsp3) is 0.267. The smallest absolute Gasteiger partial charge is 0.224 e. The van der Waals surface area contributed by atoms with E-state index in [4.69, 9.17) is 5.73 Å². The van der Waals surface area contributed by atoms with Crippen molar-refractivity contribution in [1.82, 2.24) is 0 Å². The van der Waals surface area contributed by atoms with Gasteiger partial charge in [-0.15, -0.1) is 0 Å².